The number of amides is 1. The van der Waals surface area contributed by atoms with Crippen molar-refractivity contribution in [2.24, 2.45) is 0 Å². The molecule has 0 aliphatic heterocycles. The monoisotopic (exact) mass is 582 g/mol. The predicted molar refractivity (Wildman–Crippen MR) is 134 cm³/mol. The van der Waals surface area contributed by atoms with Gasteiger partial charge in [-0.25, -0.2) is 4.57 Å². The number of methoxy groups -OCH3 is 1. The van der Waals surface area contributed by atoms with Crippen molar-refractivity contribution < 1.29 is 42.8 Å². The molecule has 190 valence electrons. The Morgan fingerprint density at radius 3 is 2.06 bits per heavy atom. The summed E-state index contributed by atoms with van der Waals surface area (Å²) in [5.41, 5.74) is 1.63. The van der Waals surface area contributed by atoms with E-state index in [4.69, 9.17) is 9.47 Å². The summed E-state index contributed by atoms with van der Waals surface area (Å²) in [6.45, 7) is 6.45. The zero-order chi connectivity index (χ0) is 23.7. The summed E-state index contributed by atoms with van der Waals surface area (Å²) in [6, 6.07) is 9.42. The molecule has 1 heterocycles. The number of halogens is 1. The highest BCUT2D eigenvalue weighted by Gasteiger charge is 2.11. The second-order valence-corrected chi connectivity index (χ2v) is 8.62. The van der Waals surface area contributed by atoms with Crippen LogP contribution in [0.1, 0.15) is 94.0 Å². The number of unbranched alkanes of at least 4 members (excludes halogenated alkanes) is 9. The van der Waals surface area contributed by atoms with Gasteiger partial charge >= 0.3 is 0 Å². The Bertz CT molecular complexity index is 812. The van der Waals surface area contributed by atoms with Crippen molar-refractivity contribution in [3.63, 3.8) is 0 Å². The van der Waals surface area contributed by atoms with Crippen LogP contribution in [0.5, 0.6) is 11.5 Å². The Hall–Kier alpha value is -1.83. The van der Waals surface area contributed by atoms with Gasteiger partial charge in [-0.2, -0.15) is 0 Å². The number of hydrogen-bond donors (Lipinski definition) is 1. The first-order chi connectivity index (χ1) is 16.2. The number of ether oxygens (including phenoxy) is 2. The first-order valence-corrected chi connectivity index (χ1v) is 12.7. The van der Waals surface area contributed by atoms with Crippen LogP contribution in [0.15, 0.2) is 42.7 Å². The van der Waals surface area contributed by atoms with E-state index in [1.165, 1.54) is 57.8 Å². The van der Waals surface area contributed by atoms with Gasteiger partial charge in [0.25, 0.3) is 5.91 Å². The Labute approximate surface area is 223 Å². The molecule has 1 amide bonds. The number of aromatic nitrogens is 1. The molecule has 0 aliphatic rings. The second kappa shape index (κ2) is 18.5. The van der Waals surface area contributed by atoms with E-state index in [-0.39, 0.29) is 29.9 Å². The molecule has 0 aliphatic carbocycles. The normalized spacial score (nSPS) is 10.4. The molecular formula is C28H43IN2O3. The van der Waals surface area contributed by atoms with Crippen LogP contribution in [0.2, 0.25) is 0 Å². The zero-order valence-corrected chi connectivity index (χ0v) is 23.4. The van der Waals surface area contributed by atoms with E-state index < -0.39 is 0 Å². The molecule has 5 nitrogen and oxygen atoms in total. The Morgan fingerprint density at radius 1 is 0.853 bits per heavy atom. The van der Waals surface area contributed by atoms with E-state index in [2.05, 4.69) is 23.7 Å². The van der Waals surface area contributed by atoms with Gasteiger partial charge in [-0.05, 0) is 37.1 Å². The third kappa shape index (κ3) is 11.5. The van der Waals surface area contributed by atoms with E-state index in [0.717, 1.165) is 18.5 Å². The molecule has 6 heteroatoms. The Kier molecular flexibility index (Phi) is 16.4. The van der Waals surface area contributed by atoms with Gasteiger partial charge in [-0.15, -0.1) is 0 Å². The van der Waals surface area contributed by atoms with Crippen LogP contribution in [0.4, 0.5) is 0 Å². The number of rotatable bonds is 17. The molecule has 2 rings (SSSR count). The summed E-state index contributed by atoms with van der Waals surface area (Å²) in [7, 11) is 1.61. The van der Waals surface area contributed by atoms with E-state index in [9.17, 15) is 4.79 Å². The maximum atomic E-state index is 12.6. The molecule has 1 aromatic heterocycles. The average Bonchev–Trinajstić information content (AvgIpc) is 2.86. The van der Waals surface area contributed by atoms with Gasteiger partial charge in [0.2, 0.25) is 0 Å². The Balaban J connectivity index is 0.00000578. The van der Waals surface area contributed by atoms with E-state index in [0.29, 0.717) is 30.2 Å². The number of hydrogen-bond acceptors (Lipinski definition) is 3. The lowest BCUT2D eigenvalue weighted by molar-refractivity contribution is -0.693. The minimum Gasteiger partial charge on any atom is -1.00 e. The van der Waals surface area contributed by atoms with E-state index in [1.807, 2.05) is 30.6 Å². The van der Waals surface area contributed by atoms with Crippen LogP contribution in [0.3, 0.4) is 0 Å². The molecule has 0 saturated heterocycles. The lowest BCUT2D eigenvalue weighted by atomic mass is 10.1. The van der Waals surface area contributed by atoms with Crippen molar-refractivity contribution in [1.29, 1.82) is 0 Å². The van der Waals surface area contributed by atoms with Gasteiger partial charge in [0, 0.05) is 24.2 Å². The van der Waals surface area contributed by atoms with Gasteiger partial charge in [-0.1, -0.05) is 64.7 Å². The molecule has 0 fully saturated rings. The summed E-state index contributed by atoms with van der Waals surface area (Å²) in [4.78, 5) is 12.6. The first kappa shape index (κ1) is 30.2. The highest BCUT2D eigenvalue weighted by Crippen LogP contribution is 2.28. The summed E-state index contributed by atoms with van der Waals surface area (Å²) in [5, 5.41) is 2.97. The van der Waals surface area contributed by atoms with E-state index in [1.54, 1.807) is 19.2 Å². The summed E-state index contributed by atoms with van der Waals surface area (Å²) >= 11 is 0. The van der Waals surface area contributed by atoms with Crippen molar-refractivity contribution >= 4 is 5.91 Å². The minimum absolute atomic E-state index is 0. The molecule has 0 unspecified atom stereocenters. The quantitative estimate of drug-likeness (QED) is 0.177. The molecule has 34 heavy (non-hydrogen) atoms. The molecule has 0 radical (unpaired) electrons. The molecule has 0 saturated carbocycles. The van der Waals surface area contributed by atoms with Gasteiger partial charge in [0.1, 0.15) is 6.54 Å². The van der Waals surface area contributed by atoms with Gasteiger partial charge < -0.3 is 38.8 Å². The molecule has 0 spiro atoms. The minimum atomic E-state index is -0.123. The van der Waals surface area contributed by atoms with Crippen LogP contribution in [-0.4, -0.2) is 19.6 Å². The maximum absolute atomic E-state index is 12.6. The number of benzene rings is 1. The van der Waals surface area contributed by atoms with Gasteiger partial charge in [0.15, 0.2) is 23.9 Å². The molecule has 1 N–H and O–H groups in total. The second-order valence-electron chi connectivity index (χ2n) is 8.62. The van der Waals surface area contributed by atoms with Crippen LogP contribution in [0, 0.1) is 0 Å². The van der Waals surface area contributed by atoms with Crippen molar-refractivity contribution in [1.82, 2.24) is 5.32 Å². The van der Waals surface area contributed by atoms with Crippen LogP contribution in [0.25, 0.3) is 0 Å². The van der Waals surface area contributed by atoms with Crippen molar-refractivity contribution in [2.45, 2.75) is 91.1 Å². The fourth-order valence-electron chi connectivity index (χ4n) is 3.80. The predicted octanol–water partition coefficient (Wildman–Crippen LogP) is 3.24. The number of nitrogens with one attached hydrogen (secondary N) is 1. The molecule has 0 atom stereocenters. The summed E-state index contributed by atoms with van der Waals surface area (Å²) < 4.78 is 13.5. The lowest BCUT2D eigenvalue weighted by Crippen LogP contribution is -3.00. The van der Waals surface area contributed by atoms with Crippen molar-refractivity contribution in [3.05, 3.63) is 53.9 Å². The van der Waals surface area contributed by atoms with Gasteiger partial charge in [-0.3, -0.25) is 4.79 Å². The average molecular weight is 583 g/mol. The van der Waals surface area contributed by atoms with Crippen LogP contribution >= 0.6 is 0 Å². The standard InChI is InChI=1S/C28H42N2O3.HI/c1-4-6-7-8-9-10-11-12-13-14-21-33-26-16-15-25(22-27(26)32-3)28(31)29-23-24-17-19-30(5-2)20-18-24;/h15-20,22H,4-14,21,23H2,1-3H3;1H. The third-order valence-corrected chi connectivity index (χ3v) is 5.96. The number of carbonyl (C=O) groups is 1. The van der Waals surface area contributed by atoms with E-state index >= 15 is 0 Å². The topological polar surface area (TPSA) is 51.4 Å². The lowest BCUT2D eigenvalue weighted by Gasteiger charge is -2.12. The Morgan fingerprint density at radius 2 is 1.47 bits per heavy atom. The highest BCUT2D eigenvalue weighted by molar-refractivity contribution is 5.94. The fourth-order valence-corrected chi connectivity index (χ4v) is 3.80. The molecule has 0 bridgehead atoms. The SMILES string of the molecule is CCCCCCCCCCCCOc1ccc(C(=O)NCc2cc[n+](CC)cc2)cc1OC.[I-]. The largest absolute Gasteiger partial charge is 1.00 e. The van der Waals surface area contributed by atoms with Crippen LogP contribution in [-0.2, 0) is 13.1 Å². The highest BCUT2D eigenvalue weighted by atomic mass is 127. The molecular weight excluding hydrogens is 539 g/mol. The number of nitrogens with zero attached hydrogens (tertiary/aromatic N) is 1. The number of aryl methyl sites for hydroxylation is 1. The molecule has 2 aromatic rings. The maximum Gasteiger partial charge on any atom is 0.251 e. The summed E-state index contributed by atoms with van der Waals surface area (Å²) in [6.07, 6.45) is 17.0. The smallest absolute Gasteiger partial charge is 0.251 e. The zero-order valence-electron chi connectivity index (χ0n) is 21.3. The molecule has 1 aromatic carbocycles. The van der Waals surface area contributed by atoms with Crippen LogP contribution < -0.4 is 43.3 Å². The number of carbonyl (C=O) groups excluding carboxylic acids is 1. The number of pyridine rings is 1. The third-order valence-electron chi connectivity index (χ3n) is 5.96. The van der Waals surface area contributed by atoms with Crippen molar-refractivity contribution in [3.8, 4) is 11.5 Å². The fraction of sp³-hybridized carbons (Fsp3) is 0.571. The first-order valence-electron chi connectivity index (χ1n) is 12.7. The summed E-state index contributed by atoms with van der Waals surface area (Å²) in [5.74, 6) is 1.16. The van der Waals surface area contributed by atoms with Gasteiger partial charge in [0.05, 0.1) is 13.7 Å². The van der Waals surface area contributed by atoms with Crippen molar-refractivity contribution in [2.75, 3.05) is 13.7 Å².